The number of hydrogen-bond acceptors (Lipinski definition) is 0. The molecular formula is C19H19Cl4. The molecule has 0 aliphatic heterocycles. The van der Waals surface area contributed by atoms with Gasteiger partial charge in [-0.1, -0.05) is 72.2 Å². The third-order valence-corrected chi connectivity index (χ3v) is 5.28. The molecule has 0 spiro atoms. The number of unbranched alkanes of at least 4 members (excludes halogenated alkanes) is 1. The number of hydrogen-bond donors (Lipinski definition) is 0. The Morgan fingerprint density at radius 3 is 2.26 bits per heavy atom. The monoisotopic (exact) mass is 387 g/mol. The van der Waals surface area contributed by atoms with Crippen LogP contribution in [0.4, 0.5) is 0 Å². The molecule has 0 saturated heterocycles. The van der Waals surface area contributed by atoms with E-state index in [2.05, 4.69) is 6.92 Å². The van der Waals surface area contributed by atoms with Gasteiger partial charge in [-0.25, -0.2) is 0 Å². The first-order chi connectivity index (χ1) is 11.0. The van der Waals surface area contributed by atoms with Crippen molar-refractivity contribution < 1.29 is 0 Å². The fraction of sp³-hybridized carbons (Fsp3) is 0.316. The molecule has 0 amide bonds. The van der Waals surface area contributed by atoms with E-state index in [1.807, 2.05) is 36.4 Å². The van der Waals surface area contributed by atoms with Crippen molar-refractivity contribution in [1.29, 1.82) is 0 Å². The van der Waals surface area contributed by atoms with Gasteiger partial charge in [0.15, 0.2) is 0 Å². The number of halogens is 4. The van der Waals surface area contributed by atoms with E-state index in [9.17, 15) is 0 Å². The summed E-state index contributed by atoms with van der Waals surface area (Å²) in [4.78, 5) is 0. The van der Waals surface area contributed by atoms with Gasteiger partial charge < -0.3 is 0 Å². The highest BCUT2D eigenvalue weighted by molar-refractivity contribution is 6.42. The first-order valence-corrected chi connectivity index (χ1v) is 9.20. The quantitative estimate of drug-likeness (QED) is 0.450. The van der Waals surface area contributed by atoms with Gasteiger partial charge in [-0.15, -0.1) is 0 Å². The van der Waals surface area contributed by atoms with Crippen LogP contribution in [0.1, 0.15) is 42.7 Å². The lowest BCUT2D eigenvalue weighted by Crippen LogP contribution is -2.02. The summed E-state index contributed by atoms with van der Waals surface area (Å²) in [5.41, 5.74) is 2.30. The Kier molecular flexibility index (Phi) is 7.56. The second kappa shape index (κ2) is 9.18. The zero-order valence-electron chi connectivity index (χ0n) is 12.8. The molecule has 2 aromatic rings. The first-order valence-electron chi connectivity index (χ1n) is 7.69. The molecular weight excluding hydrogens is 370 g/mol. The van der Waals surface area contributed by atoms with E-state index < -0.39 is 0 Å². The minimum atomic E-state index is 0.359. The van der Waals surface area contributed by atoms with Crippen molar-refractivity contribution in [2.45, 2.75) is 38.0 Å². The van der Waals surface area contributed by atoms with Crippen molar-refractivity contribution in [1.82, 2.24) is 0 Å². The molecule has 0 nitrogen and oxygen atoms in total. The van der Waals surface area contributed by atoms with Crippen LogP contribution in [0.15, 0.2) is 36.4 Å². The molecule has 123 valence electrons. The molecule has 0 bridgehead atoms. The molecule has 0 N–H and O–H groups in total. The minimum Gasteiger partial charge on any atom is -0.0843 e. The van der Waals surface area contributed by atoms with E-state index in [1.54, 1.807) is 0 Å². The van der Waals surface area contributed by atoms with Crippen LogP contribution in [0.5, 0.6) is 0 Å². The Bertz CT molecular complexity index is 652. The summed E-state index contributed by atoms with van der Waals surface area (Å²) in [7, 11) is 0. The van der Waals surface area contributed by atoms with Crippen LogP contribution in [-0.4, -0.2) is 0 Å². The Morgan fingerprint density at radius 1 is 0.826 bits per heavy atom. The average Bonchev–Trinajstić information content (AvgIpc) is 2.53. The van der Waals surface area contributed by atoms with Gasteiger partial charge in [0, 0.05) is 10.0 Å². The van der Waals surface area contributed by atoms with Gasteiger partial charge in [0.25, 0.3) is 0 Å². The second-order valence-electron chi connectivity index (χ2n) is 5.65. The normalized spacial score (nSPS) is 12.4. The van der Waals surface area contributed by atoms with Crippen molar-refractivity contribution in [3.8, 4) is 0 Å². The third kappa shape index (κ3) is 5.57. The van der Waals surface area contributed by atoms with Crippen LogP contribution in [0.3, 0.4) is 0 Å². The van der Waals surface area contributed by atoms with Gasteiger partial charge in [-0.3, -0.25) is 0 Å². The van der Waals surface area contributed by atoms with Crippen molar-refractivity contribution in [3.05, 3.63) is 74.5 Å². The van der Waals surface area contributed by atoms with Crippen molar-refractivity contribution in [3.63, 3.8) is 0 Å². The topological polar surface area (TPSA) is 0 Å². The molecule has 0 aliphatic carbocycles. The summed E-state index contributed by atoms with van der Waals surface area (Å²) in [5, 5.41) is 2.68. The molecule has 0 saturated carbocycles. The molecule has 1 unspecified atom stereocenters. The van der Waals surface area contributed by atoms with Crippen molar-refractivity contribution >= 4 is 46.4 Å². The predicted molar refractivity (Wildman–Crippen MR) is 103 cm³/mol. The molecule has 1 atom stereocenters. The van der Waals surface area contributed by atoms with Gasteiger partial charge in [0.2, 0.25) is 0 Å². The maximum absolute atomic E-state index is 6.38. The fourth-order valence-corrected chi connectivity index (χ4v) is 3.48. The van der Waals surface area contributed by atoms with E-state index in [-0.39, 0.29) is 0 Å². The Hall–Kier alpha value is -0.400. The molecule has 2 aromatic carbocycles. The van der Waals surface area contributed by atoms with E-state index in [0.717, 1.165) is 47.7 Å². The molecule has 1 radical (unpaired) electrons. The van der Waals surface area contributed by atoms with Crippen LogP contribution < -0.4 is 0 Å². The highest BCUT2D eigenvalue weighted by Crippen LogP contribution is 2.34. The summed E-state index contributed by atoms with van der Waals surface area (Å²) < 4.78 is 0. The number of rotatable bonds is 7. The van der Waals surface area contributed by atoms with Gasteiger partial charge in [0.05, 0.1) is 10.0 Å². The summed E-state index contributed by atoms with van der Waals surface area (Å²) in [5.74, 6) is 0.359. The van der Waals surface area contributed by atoms with Crippen LogP contribution in [0.25, 0.3) is 0 Å². The molecule has 4 heteroatoms. The Morgan fingerprint density at radius 2 is 1.57 bits per heavy atom. The Balaban J connectivity index is 2.14. The molecule has 23 heavy (non-hydrogen) atoms. The highest BCUT2D eigenvalue weighted by Gasteiger charge is 2.15. The van der Waals surface area contributed by atoms with E-state index in [1.165, 1.54) is 5.56 Å². The summed E-state index contributed by atoms with van der Waals surface area (Å²) in [6, 6.07) is 11.5. The van der Waals surface area contributed by atoms with Crippen LogP contribution >= 0.6 is 46.4 Å². The van der Waals surface area contributed by atoms with Crippen LogP contribution in [-0.2, 0) is 6.42 Å². The molecule has 0 fully saturated rings. The predicted octanol–water partition coefficient (Wildman–Crippen LogP) is 8.02. The summed E-state index contributed by atoms with van der Waals surface area (Å²) in [6.07, 6.45) is 4.93. The third-order valence-electron chi connectivity index (χ3n) is 3.97. The lowest BCUT2D eigenvalue weighted by atomic mass is 9.88. The number of benzene rings is 2. The Labute approximate surface area is 158 Å². The van der Waals surface area contributed by atoms with Crippen molar-refractivity contribution in [2.75, 3.05) is 0 Å². The lowest BCUT2D eigenvalue weighted by Gasteiger charge is -2.19. The summed E-state index contributed by atoms with van der Waals surface area (Å²) >= 11 is 24.6. The van der Waals surface area contributed by atoms with Gasteiger partial charge in [-0.2, -0.15) is 0 Å². The lowest BCUT2D eigenvalue weighted by molar-refractivity contribution is 0.555. The molecule has 0 heterocycles. The zero-order chi connectivity index (χ0) is 16.8. The molecule has 2 rings (SSSR count). The van der Waals surface area contributed by atoms with Gasteiger partial charge >= 0.3 is 0 Å². The van der Waals surface area contributed by atoms with Gasteiger partial charge in [0.1, 0.15) is 0 Å². The van der Waals surface area contributed by atoms with E-state index >= 15 is 0 Å². The smallest absolute Gasteiger partial charge is 0.0595 e. The SMILES string of the molecule is [CH2]CCCC(CCc1ccc(Cl)c(Cl)c1)c1cc(Cl)ccc1Cl. The first kappa shape index (κ1) is 18.9. The van der Waals surface area contributed by atoms with Crippen LogP contribution in [0, 0.1) is 6.92 Å². The molecule has 0 aromatic heterocycles. The second-order valence-corrected chi connectivity index (χ2v) is 7.30. The fourth-order valence-electron chi connectivity index (χ4n) is 2.71. The van der Waals surface area contributed by atoms with E-state index in [0.29, 0.717) is 16.0 Å². The standard InChI is InChI=1S/C19H19Cl4/c1-2-3-4-14(16-12-15(20)8-10-17(16)21)7-5-13-6-9-18(22)19(23)11-13/h6,8-12,14H,1-5,7H2. The number of aryl methyl sites for hydroxylation is 1. The molecule has 0 aliphatic rings. The minimum absolute atomic E-state index is 0.359. The highest BCUT2D eigenvalue weighted by atomic mass is 35.5. The summed E-state index contributed by atoms with van der Waals surface area (Å²) in [6.45, 7) is 3.94. The maximum atomic E-state index is 6.38. The van der Waals surface area contributed by atoms with Crippen LogP contribution in [0.2, 0.25) is 20.1 Å². The zero-order valence-corrected chi connectivity index (χ0v) is 15.8. The van der Waals surface area contributed by atoms with Crippen molar-refractivity contribution in [2.24, 2.45) is 0 Å². The van der Waals surface area contributed by atoms with E-state index in [4.69, 9.17) is 46.4 Å². The average molecular weight is 389 g/mol. The maximum Gasteiger partial charge on any atom is 0.0595 e. The van der Waals surface area contributed by atoms with Gasteiger partial charge in [-0.05, 0) is 66.6 Å². The largest absolute Gasteiger partial charge is 0.0843 e.